The maximum Gasteiger partial charge on any atom is 0.325 e. The molecule has 0 saturated heterocycles. The molecule has 0 aliphatic rings. The van der Waals surface area contributed by atoms with Crippen LogP contribution in [0.5, 0.6) is 0 Å². The molecule has 0 bridgehead atoms. The van der Waals surface area contributed by atoms with Crippen LogP contribution in [0.3, 0.4) is 0 Å². The van der Waals surface area contributed by atoms with Crippen molar-refractivity contribution in [3.05, 3.63) is 11.9 Å². The van der Waals surface area contributed by atoms with Crippen LogP contribution in [0.4, 0.5) is 0 Å². The van der Waals surface area contributed by atoms with Gasteiger partial charge in [-0.15, -0.1) is 5.10 Å². The Morgan fingerprint density at radius 3 is 2.94 bits per heavy atom. The number of ether oxygens (including phenoxy) is 1. The Labute approximate surface area is 104 Å². The highest BCUT2D eigenvalue weighted by Gasteiger charge is 2.11. The second-order valence-corrected chi connectivity index (χ2v) is 3.65. The third-order valence-corrected chi connectivity index (χ3v) is 2.13. The first-order valence-corrected chi connectivity index (χ1v) is 5.52. The summed E-state index contributed by atoms with van der Waals surface area (Å²) >= 11 is 0. The Hall–Kier alpha value is -1.96. The first-order valence-electron chi connectivity index (χ1n) is 5.52. The molecular weight excluding hydrogens is 240 g/mol. The fourth-order valence-corrected chi connectivity index (χ4v) is 1.28. The van der Waals surface area contributed by atoms with Crippen molar-refractivity contribution in [3.63, 3.8) is 0 Å². The summed E-state index contributed by atoms with van der Waals surface area (Å²) in [7, 11) is 1.62. The molecule has 0 aromatic carbocycles. The highest BCUT2D eigenvalue weighted by molar-refractivity contribution is 5.91. The van der Waals surface area contributed by atoms with Crippen LogP contribution in [0.25, 0.3) is 0 Å². The average molecular weight is 256 g/mol. The molecule has 0 aliphatic carbocycles. The number of rotatable bonds is 8. The van der Waals surface area contributed by atoms with Gasteiger partial charge in [0.2, 0.25) is 0 Å². The second-order valence-electron chi connectivity index (χ2n) is 3.65. The number of hydrogen-bond acceptors (Lipinski definition) is 5. The van der Waals surface area contributed by atoms with Gasteiger partial charge in [0.15, 0.2) is 5.69 Å². The number of nitrogens with one attached hydrogen (secondary N) is 1. The molecule has 1 aromatic rings. The lowest BCUT2D eigenvalue weighted by atomic mass is 10.3. The smallest absolute Gasteiger partial charge is 0.325 e. The summed E-state index contributed by atoms with van der Waals surface area (Å²) in [6.45, 7) is 0.868. The number of carbonyl (C=O) groups is 2. The van der Waals surface area contributed by atoms with E-state index in [4.69, 9.17) is 9.84 Å². The van der Waals surface area contributed by atoms with Gasteiger partial charge in [0.05, 0.1) is 6.20 Å². The van der Waals surface area contributed by atoms with Crippen LogP contribution in [-0.2, 0) is 16.1 Å². The van der Waals surface area contributed by atoms with E-state index in [2.05, 4.69) is 15.6 Å². The predicted octanol–water partition coefficient (Wildman–Crippen LogP) is -0.481. The largest absolute Gasteiger partial charge is 0.480 e. The predicted molar refractivity (Wildman–Crippen MR) is 61.1 cm³/mol. The van der Waals surface area contributed by atoms with Crippen LogP contribution in [0.15, 0.2) is 6.20 Å². The number of carboxylic acid groups (broad SMARTS) is 1. The molecule has 0 atom stereocenters. The zero-order valence-corrected chi connectivity index (χ0v) is 10.1. The molecule has 8 nitrogen and oxygen atoms in total. The number of aromatic nitrogens is 3. The highest BCUT2D eigenvalue weighted by Crippen LogP contribution is 1.94. The molecular formula is C10H16N4O4. The van der Waals surface area contributed by atoms with Crippen LogP contribution < -0.4 is 5.32 Å². The Kier molecular flexibility index (Phi) is 5.78. The van der Waals surface area contributed by atoms with E-state index in [0.29, 0.717) is 13.2 Å². The van der Waals surface area contributed by atoms with Gasteiger partial charge in [0, 0.05) is 20.3 Å². The highest BCUT2D eigenvalue weighted by atomic mass is 16.5. The van der Waals surface area contributed by atoms with E-state index in [-0.39, 0.29) is 18.1 Å². The zero-order chi connectivity index (χ0) is 13.4. The van der Waals surface area contributed by atoms with E-state index in [0.717, 1.165) is 17.5 Å². The normalized spacial score (nSPS) is 10.3. The monoisotopic (exact) mass is 256 g/mol. The van der Waals surface area contributed by atoms with Gasteiger partial charge in [-0.25, -0.2) is 4.68 Å². The van der Waals surface area contributed by atoms with Gasteiger partial charge < -0.3 is 15.2 Å². The van der Waals surface area contributed by atoms with Crippen molar-refractivity contribution < 1.29 is 19.4 Å². The average Bonchev–Trinajstić information content (AvgIpc) is 2.76. The lowest BCUT2D eigenvalue weighted by molar-refractivity contribution is -0.137. The summed E-state index contributed by atoms with van der Waals surface area (Å²) in [6.07, 6.45) is 2.98. The fourth-order valence-electron chi connectivity index (χ4n) is 1.28. The standard InChI is InChI=1S/C10H16N4O4/c1-18-5-3-2-4-11-10(17)8-6-14(13-12-8)7-9(15)16/h6H,2-5,7H2,1H3,(H,11,17)(H,15,16). The van der Waals surface area contributed by atoms with Gasteiger partial charge in [-0.2, -0.15) is 0 Å². The van der Waals surface area contributed by atoms with Crippen molar-refractivity contribution in [2.24, 2.45) is 0 Å². The second kappa shape index (κ2) is 7.38. The Balaban J connectivity index is 2.33. The number of carboxylic acids is 1. The van der Waals surface area contributed by atoms with Crippen molar-refractivity contribution in [1.29, 1.82) is 0 Å². The fraction of sp³-hybridized carbons (Fsp3) is 0.600. The quantitative estimate of drug-likeness (QED) is 0.608. The van der Waals surface area contributed by atoms with Gasteiger partial charge in [-0.3, -0.25) is 9.59 Å². The van der Waals surface area contributed by atoms with Crippen LogP contribution in [0, 0.1) is 0 Å². The molecule has 0 radical (unpaired) electrons. The summed E-state index contributed by atoms with van der Waals surface area (Å²) in [5.74, 6) is -1.39. The van der Waals surface area contributed by atoms with E-state index >= 15 is 0 Å². The third-order valence-electron chi connectivity index (χ3n) is 2.13. The Morgan fingerprint density at radius 1 is 1.50 bits per heavy atom. The van der Waals surface area contributed by atoms with Crippen molar-refractivity contribution in [2.45, 2.75) is 19.4 Å². The summed E-state index contributed by atoms with van der Waals surface area (Å²) in [4.78, 5) is 22.0. The van der Waals surface area contributed by atoms with Crippen molar-refractivity contribution in [2.75, 3.05) is 20.3 Å². The minimum absolute atomic E-state index is 0.114. The van der Waals surface area contributed by atoms with Gasteiger partial charge in [0.25, 0.3) is 5.91 Å². The van der Waals surface area contributed by atoms with E-state index in [1.165, 1.54) is 6.20 Å². The molecule has 1 amide bonds. The number of amides is 1. The van der Waals surface area contributed by atoms with Gasteiger partial charge in [0.1, 0.15) is 6.54 Å². The Morgan fingerprint density at radius 2 is 2.28 bits per heavy atom. The van der Waals surface area contributed by atoms with Crippen molar-refractivity contribution in [3.8, 4) is 0 Å². The lowest BCUT2D eigenvalue weighted by Gasteiger charge is -2.02. The number of unbranched alkanes of at least 4 members (excludes halogenated alkanes) is 1. The first kappa shape index (κ1) is 14.1. The molecule has 1 aromatic heterocycles. The summed E-state index contributed by atoms with van der Waals surface area (Å²) in [6, 6.07) is 0. The van der Waals surface area contributed by atoms with Crippen LogP contribution in [0.2, 0.25) is 0 Å². The van der Waals surface area contributed by atoms with Gasteiger partial charge in [-0.1, -0.05) is 5.21 Å². The minimum atomic E-state index is -1.04. The topological polar surface area (TPSA) is 106 Å². The molecule has 0 aliphatic heterocycles. The molecule has 18 heavy (non-hydrogen) atoms. The minimum Gasteiger partial charge on any atom is -0.480 e. The van der Waals surface area contributed by atoms with E-state index < -0.39 is 5.97 Å². The van der Waals surface area contributed by atoms with Crippen molar-refractivity contribution in [1.82, 2.24) is 20.3 Å². The maximum atomic E-state index is 11.6. The maximum absolute atomic E-state index is 11.6. The number of hydrogen-bond donors (Lipinski definition) is 2. The summed E-state index contributed by atoms with van der Waals surface area (Å²) in [5, 5.41) is 18.3. The molecule has 0 spiro atoms. The lowest BCUT2D eigenvalue weighted by Crippen LogP contribution is -2.25. The SMILES string of the molecule is COCCCCNC(=O)c1cn(CC(=O)O)nn1. The number of nitrogens with zero attached hydrogens (tertiary/aromatic N) is 3. The van der Waals surface area contributed by atoms with E-state index in [1.54, 1.807) is 7.11 Å². The zero-order valence-electron chi connectivity index (χ0n) is 10.1. The van der Waals surface area contributed by atoms with Gasteiger partial charge >= 0.3 is 5.97 Å². The molecule has 0 saturated carbocycles. The third kappa shape index (κ3) is 4.91. The van der Waals surface area contributed by atoms with Crippen LogP contribution >= 0.6 is 0 Å². The Bertz CT molecular complexity index is 404. The molecule has 2 N–H and O–H groups in total. The van der Waals surface area contributed by atoms with Gasteiger partial charge in [-0.05, 0) is 12.8 Å². The molecule has 8 heteroatoms. The molecule has 1 heterocycles. The van der Waals surface area contributed by atoms with E-state index in [9.17, 15) is 9.59 Å². The van der Waals surface area contributed by atoms with Crippen molar-refractivity contribution >= 4 is 11.9 Å². The summed E-state index contributed by atoms with van der Waals surface area (Å²) < 4.78 is 5.98. The first-order chi connectivity index (χ1) is 8.63. The number of aliphatic carboxylic acids is 1. The number of methoxy groups -OCH3 is 1. The van der Waals surface area contributed by atoms with Crippen LogP contribution in [-0.4, -0.2) is 52.2 Å². The molecule has 0 unspecified atom stereocenters. The molecule has 1 rings (SSSR count). The molecule has 100 valence electrons. The molecule has 0 fully saturated rings. The van der Waals surface area contributed by atoms with Crippen LogP contribution in [0.1, 0.15) is 23.3 Å². The summed E-state index contributed by atoms with van der Waals surface area (Å²) in [5.41, 5.74) is 0.114. The number of carbonyl (C=O) groups excluding carboxylic acids is 1. The van der Waals surface area contributed by atoms with E-state index in [1.807, 2.05) is 0 Å².